The Morgan fingerprint density at radius 2 is 2.22 bits per heavy atom. The SMILES string of the molecule is Cc1c(CCO)sc[n+]1CC(=O)O[C@@H]1C[C@H](C)CC[C@H]1C(C)C. The summed E-state index contributed by atoms with van der Waals surface area (Å²) in [7, 11) is 0. The van der Waals surface area contributed by atoms with Crippen LogP contribution in [0.25, 0.3) is 0 Å². The van der Waals surface area contributed by atoms with Gasteiger partial charge in [-0.25, -0.2) is 4.79 Å². The van der Waals surface area contributed by atoms with Gasteiger partial charge >= 0.3 is 5.97 Å². The van der Waals surface area contributed by atoms with Crippen LogP contribution in [0, 0.1) is 24.7 Å². The Balaban J connectivity index is 1.97. The number of aromatic nitrogens is 1. The van der Waals surface area contributed by atoms with Gasteiger partial charge in [-0.2, -0.15) is 4.57 Å². The Bertz CT molecular complexity index is 526. The molecule has 3 atom stereocenters. The maximum absolute atomic E-state index is 12.4. The van der Waals surface area contributed by atoms with Gasteiger partial charge in [0, 0.05) is 20.0 Å². The Labute approximate surface area is 143 Å². The number of esters is 1. The summed E-state index contributed by atoms with van der Waals surface area (Å²) in [6.07, 6.45) is 4.08. The summed E-state index contributed by atoms with van der Waals surface area (Å²) in [6, 6.07) is 0. The predicted molar refractivity (Wildman–Crippen MR) is 91.3 cm³/mol. The van der Waals surface area contributed by atoms with Gasteiger partial charge in [-0.1, -0.05) is 38.5 Å². The van der Waals surface area contributed by atoms with Crippen molar-refractivity contribution in [3.8, 4) is 0 Å². The second kappa shape index (κ2) is 8.25. The summed E-state index contributed by atoms with van der Waals surface area (Å²) in [5, 5.41) is 9.06. The molecule has 1 saturated carbocycles. The molecule has 1 aliphatic carbocycles. The number of hydrogen-bond donors (Lipinski definition) is 1. The van der Waals surface area contributed by atoms with Gasteiger partial charge in [-0.3, -0.25) is 0 Å². The van der Waals surface area contributed by atoms with E-state index in [0.717, 1.165) is 23.4 Å². The first-order chi connectivity index (χ1) is 10.9. The zero-order valence-corrected chi connectivity index (χ0v) is 15.6. The molecule has 1 aliphatic rings. The van der Waals surface area contributed by atoms with Crippen LogP contribution >= 0.6 is 11.3 Å². The highest BCUT2D eigenvalue weighted by molar-refractivity contribution is 7.09. The molecule has 0 aliphatic heterocycles. The van der Waals surface area contributed by atoms with Gasteiger partial charge in [0.1, 0.15) is 6.10 Å². The molecule has 0 radical (unpaired) electrons. The van der Waals surface area contributed by atoms with Crippen molar-refractivity contribution >= 4 is 17.3 Å². The third kappa shape index (κ3) is 4.77. The van der Waals surface area contributed by atoms with E-state index >= 15 is 0 Å². The third-order valence-corrected chi connectivity index (χ3v) is 6.18. The lowest BCUT2D eigenvalue weighted by atomic mass is 9.75. The zero-order chi connectivity index (χ0) is 17.0. The van der Waals surface area contributed by atoms with Crippen LogP contribution in [0.4, 0.5) is 0 Å². The average molecular weight is 341 g/mol. The van der Waals surface area contributed by atoms with E-state index < -0.39 is 0 Å². The number of thiazole rings is 1. The van der Waals surface area contributed by atoms with Crippen LogP contribution in [0.2, 0.25) is 0 Å². The van der Waals surface area contributed by atoms with Gasteiger partial charge in [0.2, 0.25) is 12.1 Å². The van der Waals surface area contributed by atoms with Crippen LogP contribution in [0.5, 0.6) is 0 Å². The molecule has 1 N–H and O–H groups in total. The first-order valence-electron chi connectivity index (χ1n) is 8.69. The monoisotopic (exact) mass is 340 g/mol. The first-order valence-corrected chi connectivity index (χ1v) is 9.57. The minimum absolute atomic E-state index is 0.0581. The number of hydrogen-bond acceptors (Lipinski definition) is 4. The maximum Gasteiger partial charge on any atom is 0.373 e. The first kappa shape index (κ1) is 18.4. The summed E-state index contributed by atoms with van der Waals surface area (Å²) in [5.74, 6) is 1.52. The predicted octanol–water partition coefficient (Wildman–Crippen LogP) is 2.88. The molecule has 0 amide bonds. The fourth-order valence-corrected chi connectivity index (χ4v) is 4.53. The van der Waals surface area contributed by atoms with Gasteiger partial charge in [-0.05, 0) is 30.6 Å². The Hall–Kier alpha value is -0.940. The van der Waals surface area contributed by atoms with E-state index in [2.05, 4.69) is 20.8 Å². The Morgan fingerprint density at radius 3 is 2.87 bits per heavy atom. The minimum atomic E-state index is -0.142. The molecule has 0 aromatic carbocycles. The average Bonchev–Trinajstić information content (AvgIpc) is 2.80. The van der Waals surface area contributed by atoms with Crippen molar-refractivity contribution in [3.05, 3.63) is 16.1 Å². The number of carbonyl (C=O) groups excluding carboxylic acids is 1. The molecule has 0 bridgehead atoms. The number of aliphatic hydroxyl groups is 1. The van der Waals surface area contributed by atoms with Crippen molar-refractivity contribution in [2.24, 2.45) is 17.8 Å². The topological polar surface area (TPSA) is 50.4 Å². The molecule has 2 rings (SSSR count). The molecule has 1 aromatic rings. The van der Waals surface area contributed by atoms with E-state index in [0.29, 0.717) is 24.2 Å². The number of ether oxygens (including phenoxy) is 1. The normalized spacial score (nSPS) is 24.9. The number of nitrogens with zero attached hydrogens (tertiary/aromatic N) is 1. The number of rotatable bonds is 6. The van der Waals surface area contributed by atoms with Crippen molar-refractivity contribution in [2.75, 3.05) is 6.61 Å². The summed E-state index contributed by atoms with van der Waals surface area (Å²) < 4.78 is 7.80. The van der Waals surface area contributed by atoms with Gasteiger partial charge < -0.3 is 9.84 Å². The van der Waals surface area contributed by atoms with Gasteiger partial charge in [0.25, 0.3) is 0 Å². The van der Waals surface area contributed by atoms with Crippen LogP contribution in [-0.4, -0.2) is 23.8 Å². The fourth-order valence-electron chi connectivity index (χ4n) is 3.54. The molecule has 0 saturated heterocycles. The van der Waals surface area contributed by atoms with Crippen LogP contribution in [-0.2, 0) is 22.5 Å². The summed E-state index contributed by atoms with van der Waals surface area (Å²) in [4.78, 5) is 13.5. The number of carbonyl (C=O) groups is 1. The molecule has 1 aromatic heterocycles. The summed E-state index contributed by atoms with van der Waals surface area (Å²) in [6.45, 7) is 9.09. The van der Waals surface area contributed by atoms with Crippen LogP contribution in [0.1, 0.15) is 50.6 Å². The molecule has 1 heterocycles. The summed E-state index contributed by atoms with van der Waals surface area (Å²) >= 11 is 1.59. The van der Waals surface area contributed by atoms with Crippen LogP contribution < -0.4 is 4.57 Å². The van der Waals surface area contributed by atoms with E-state index in [1.807, 2.05) is 17.0 Å². The molecule has 1 fully saturated rings. The van der Waals surface area contributed by atoms with Crippen LogP contribution in [0.15, 0.2) is 5.51 Å². The van der Waals surface area contributed by atoms with Crippen molar-refractivity contribution in [1.82, 2.24) is 0 Å². The van der Waals surface area contributed by atoms with Crippen molar-refractivity contribution in [1.29, 1.82) is 0 Å². The third-order valence-electron chi connectivity index (χ3n) is 5.04. The van der Waals surface area contributed by atoms with E-state index in [4.69, 9.17) is 9.84 Å². The maximum atomic E-state index is 12.4. The molecule has 4 nitrogen and oxygen atoms in total. The highest BCUT2D eigenvalue weighted by Crippen LogP contribution is 2.35. The lowest BCUT2D eigenvalue weighted by molar-refractivity contribution is -0.687. The number of aliphatic hydroxyl groups excluding tert-OH is 1. The van der Waals surface area contributed by atoms with E-state index in [1.54, 1.807) is 11.3 Å². The van der Waals surface area contributed by atoms with Crippen molar-refractivity contribution in [3.63, 3.8) is 0 Å². The van der Waals surface area contributed by atoms with Crippen molar-refractivity contribution in [2.45, 2.75) is 66.0 Å². The second-order valence-electron chi connectivity index (χ2n) is 7.19. The highest BCUT2D eigenvalue weighted by atomic mass is 32.1. The Kier molecular flexibility index (Phi) is 6.60. The van der Waals surface area contributed by atoms with Crippen molar-refractivity contribution < 1.29 is 19.2 Å². The molecular weight excluding hydrogens is 310 g/mol. The minimum Gasteiger partial charge on any atom is -0.457 e. The molecule has 5 heteroatoms. The van der Waals surface area contributed by atoms with E-state index in [9.17, 15) is 4.79 Å². The molecule has 23 heavy (non-hydrogen) atoms. The highest BCUT2D eigenvalue weighted by Gasteiger charge is 2.34. The van der Waals surface area contributed by atoms with Gasteiger partial charge in [-0.15, -0.1) is 0 Å². The lowest BCUT2D eigenvalue weighted by Gasteiger charge is -2.36. The smallest absolute Gasteiger partial charge is 0.373 e. The van der Waals surface area contributed by atoms with E-state index in [1.165, 1.54) is 6.42 Å². The molecular formula is C18H30NO3S+. The van der Waals surface area contributed by atoms with E-state index in [-0.39, 0.29) is 25.2 Å². The van der Waals surface area contributed by atoms with Gasteiger partial charge in [0.15, 0.2) is 5.69 Å². The summed E-state index contributed by atoms with van der Waals surface area (Å²) in [5.41, 5.74) is 3.00. The fraction of sp³-hybridized carbons (Fsp3) is 0.778. The second-order valence-corrected chi connectivity index (χ2v) is 8.13. The van der Waals surface area contributed by atoms with Crippen LogP contribution in [0.3, 0.4) is 0 Å². The molecule has 130 valence electrons. The van der Waals surface area contributed by atoms with Gasteiger partial charge in [0.05, 0.1) is 4.88 Å². The zero-order valence-electron chi connectivity index (χ0n) is 14.7. The Morgan fingerprint density at radius 1 is 1.48 bits per heavy atom. The molecule has 0 spiro atoms. The standard InChI is InChI=1S/C18H30NO3S/c1-12(2)15-6-5-13(3)9-16(15)22-18(21)10-19-11-23-17(7-8-20)14(19)4/h11-13,15-16,20H,5-10H2,1-4H3/q+1/t13-,15+,16-/m1/s1. The molecule has 0 unspecified atom stereocenters. The largest absolute Gasteiger partial charge is 0.457 e. The quantitative estimate of drug-likeness (QED) is 0.640. The lowest BCUT2D eigenvalue weighted by Crippen LogP contribution is -2.43.